The summed E-state index contributed by atoms with van der Waals surface area (Å²) in [7, 11) is -3.52. The molecular formula is C18H20N2O5S. The zero-order valence-electron chi connectivity index (χ0n) is 14.1. The van der Waals surface area contributed by atoms with Crippen molar-refractivity contribution in [2.45, 2.75) is 17.2 Å². The van der Waals surface area contributed by atoms with Gasteiger partial charge >= 0.3 is 0 Å². The highest BCUT2D eigenvalue weighted by molar-refractivity contribution is 7.89. The molecule has 2 fully saturated rings. The van der Waals surface area contributed by atoms with Crippen LogP contribution in [0.15, 0.2) is 52.0 Å². The number of morpholine rings is 1. The Morgan fingerprint density at radius 1 is 1.12 bits per heavy atom. The van der Waals surface area contributed by atoms with Gasteiger partial charge in [-0.15, -0.1) is 0 Å². The summed E-state index contributed by atoms with van der Waals surface area (Å²) in [6.45, 7) is 1.53. The summed E-state index contributed by atoms with van der Waals surface area (Å²) in [5.74, 6) is 0.788. The van der Waals surface area contributed by atoms with Crippen LogP contribution >= 0.6 is 0 Å². The number of hydrogen-bond donors (Lipinski definition) is 1. The number of benzene rings is 1. The van der Waals surface area contributed by atoms with Gasteiger partial charge in [-0.1, -0.05) is 0 Å². The zero-order chi connectivity index (χ0) is 18.1. The van der Waals surface area contributed by atoms with Crippen molar-refractivity contribution >= 4 is 21.6 Å². The standard InChI is InChI=1S/C18H20N2O5S/c21-18(16-12-15(16)17-2-1-9-25-17)19-13-3-5-14(6-4-13)26(22,23)20-7-10-24-11-8-20/h1-6,9,15-16H,7-8,10-12H2,(H,19,21)/t15-,16+/m0/s1. The molecule has 1 saturated carbocycles. The molecule has 1 amide bonds. The fraction of sp³-hybridized carbons (Fsp3) is 0.389. The SMILES string of the molecule is O=C(Nc1ccc(S(=O)(=O)N2CCOCC2)cc1)[C@@H]1C[C@@H]1c1ccco1. The van der Waals surface area contributed by atoms with Gasteiger partial charge in [-0.2, -0.15) is 4.31 Å². The van der Waals surface area contributed by atoms with Crippen LogP contribution in [-0.4, -0.2) is 44.9 Å². The van der Waals surface area contributed by atoms with Gasteiger partial charge < -0.3 is 14.5 Å². The van der Waals surface area contributed by atoms with E-state index in [0.717, 1.165) is 12.2 Å². The van der Waals surface area contributed by atoms with E-state index < -0.39 is 10.0 Å². The predicted molar refractivity (Wildman–Crippen MR) is 94.2 cm³/mol. The van der Waals surface area contributed by atoms with Crippen LogP contribution in [-0.2, 0) is 19.6 Å². The van der Waals surface area contributed by atoms with Gasteiger partial charge in [0.2, 0.25) is 15.9 Å². The van der Waals surface area contributed by atoms with Crippen molar-refractivity contribution in [2.24, 2.45) is 5.92 Å². The lowest BCUT2D eigenvalue weighted by molar-refractivity contribution is -0.117. The number of amides is 1. The van der Waals surface area contributed by atoms with E-state index in [9.17, 15) is 13.2 Å². The number of carbonyl (C=O) groups is 1. The smallest absolute Gasteiger partial charge is 0.243 e. The van der Waals surface area contributed by atoms with E-state index >= 15 is 0 Å². The van der Waals surface area contributed by atoms with Crippen LogP contribution in [0.3, 0.4) is 0 Å². The molecule has 1 aromatic carbocycles. The summed E-state index contributed by atoms with van der Waals surface area (Å²) in [6.07, 6.45) is 2.37. The Bertz CT molecular complexity index is 871. The van der Waals surface area contributed by atoms with Crippen LogP contribution in [0.1, 0.15) is 18.1 Å². The largest absolute Gasteiger partial charge is 0.469 e. The molecule has 0 unspecified atom stereocenters. The number of hydrogen-bond acceptors (Lipinski definition) is 5. The fourth-order valence-corrected chi connectivity index (χ4v) is 4.59. The second-order valence-electron chi connectivity index (χ2n) is 6.49. The van der Waals surface area contributed by atoms with Crippen molar-refractivity contribution in [1.82, 2.24) is 4.31 Å². The van der Waals surface area contributed by atoms with Gasteiger partial charge in [-0.05, 0) is 42.8 Å². The summed E-state index contributed by atoms with van der Waals surface area (Å²) in [5.41, 5.74) is 0.584. The Kier molecular flexibility index (Phi) is 4.56. The Balaban J connectivity index is 1.39. The van der Waals surface area contributed by atoms with Crippen LogP contribution in [0.2, 0.25) is 0 Å². The lowest BCUT2D eigenvalue weighted by Gasteiger charge is -2.26. The van der Waals surface area contributed by atoms with E-state index in [1.807, 2.05) is 12.1 Å². The molecule has 1 N–H and O–H groups in total. The minimum absolute atomic E-state index is 0.0739. The number of sulfonamides is 1. The highest BCUT2D eigenvalue weighted by Crippen LogP contribution is 2.48. The van der Waals surface area contributed by atoms with Gasteiger partial charge in [-0.3, -0.25) is 4.79 Å². The summed E-state index contributed by atoms with van der Waals surface area (Å²) in [6, 6.07) is 9.99. The first-order valence-electron chi connectivity index (χ1n) is 8.58. The molecule has 2 aliphatic rings. The first kappa shape index (κ1) is 17.3. The molecule has 2 aromatic rings. The van der Waals surface area contributed by atoms with E-state index in [-0.39, 0.29) is 22.6 Å². The molecule has 0 bridgehead atoms. The van der Waals surface area contributed by atoms with Crippen molar-refractivity contribution in [3.63, 3.8) is 0 Å². The van der Waals surface area contributed by atoms with Crippen molar-refractivity contribution < 1.29 is 22.4 Å². The van der Waals surface area contributed by atoms with E-state index in [4.69, 9.17) is 9.15 Å². The summed E-state index contributed by atoms with van der Waals surface area (Å²) in [5, 5.41) is 2.84. The summed E-state index contributed by atoms with van der Waals surface area (Å²) >= 11 is 0. The topological polar surface area (TPSA) is 88.9 Å². The Labute approximate surface area is 152 Å². The Morgan fingerprint density at radius 2 is 1.85 bits per heavy atom. The third-order valence-corrected chi connectivity index (χ3v) is 6.68. The quantitative estimate of drug-likeness (QED) is 0.863. The monoisotopic (exact) mass is 376 g/mol. The predicted octanol–water partition coefficient (Wildman–Crippen LogP) is 2.04. The molecule has 26 heavy (non-hydrogen) atoms. The average Bonchev–Trinajstić information content (AvgIpc) is 3.28. The van der Waals surface area contributed by atoms with Crippen LogP contribution in [0, 0.1) is 5.92 Å². The Morgan fingerprint density at radius 3 is 2.50 bits per heavy atom. The van der Waals surface area contributed by atoms with E-state index in [1.165, 1.54) is 16.4 Å². The van der Waals surface area contributed by atoms with Crippen LogP contribution in [0.5, 0.6) is 0 Å². The van der Waals surface area contributed by atoms with Gasteiger partial charge in [-0.25, -0.2) is 8.42 Å². The van der Waals surface area contributed by atoms with E-state index in [2.05, 4.69) is 5.32 Å². The van der Waals surface area contributed by atoms with E-state index in [0.29, 0.717) is 32.0 Å². The Hall–Kier alpha value is -2.16. The maximum absolute atomic E-state index is 12.6. The number of furan rings is 1. The minimum Gasteiger partial charge on any atom is -0.469 e. The first-order valence-corrected chi connectivity index (χ1v) is 10.0. The number of nitrogens with one attached hydrogen (secondary N) is 1. The van der Waals surface area contributed by atoms with Gasteiger partial charge in [0.25, 0.3) is 0 Å². The van der Waals surface area contributed by atoms with Crippen molar-refractivity contribution in [3.8, 4) is 0 Å². The van der Waals surface area contributed by atoms with Crippen molar-refractivity contribution in [1.29, 1.82) is 0 Å². The molecular weight excluding hydrogens is 356 g/mol. The van der Waals surface area contributed by atoms with Crippen LogP contribution < -0.4 is 5.32 Å². The third-order valence-electron chi connectivity index (χ3n) is 4.77. The lowest BCUT2D eigenvalue weighted by Crippen LogP contribution is -2.40. The normalized spacial score (nSPS) is 23.5. The van der Waals surface area contributed by atoms with Crippen molar-refractivity contribution in [2.75, 3.05) is 31.6 Å². The van der Waals surface area contributed by atoms with Gasteiger partial charge in [0, 0.05) is 30.6 Å². The number of anilines is 1. The fourth-order valence-electron chi connectivity index (χ4n) is 3.18. The third kappa shape index (κ3) is 3.40. The van der Waals surface area contributed by atoms with Gasteiger partial charge in [0.05, 0.1) is 24.4 Å². The number of ether oxygens (including phenoxy) is 1. The second kappa shape index (κ2) is 6.86. The maximum Gasteiger partial charge on any atom is 0.243 e. The van der Waals surface area contributed by atoms with Crippen LogP contribution in [0.4, 0.5) is 5.69 Å². The molecule has 0 radical (unpaired) electrons. The molecule has 1 saturated heterocycles. The molecule has 2 atom stereocenters. The zero-order valence-corrected chi connectivity index (χ0v) is 14.9. The van der Waals surface area contributed by atoms with Crippen LogP contribution in [0.25, 0.3) is 0 Å². The molecule has 0 spiro atoms. The molecule has 138 valence electrons. The molecule has 8 heteroatoms. The first-order chi connectivity index (χ1) is 12.6. The molecule has 2 heterocycles. The van der Waals surface area contributed by atoms with Gasteiger partial charge in [0.1, 0.15) is 5.76 Å². The highest BCUT2D eigenvalue weighted by atomic mass is 32.2. The second-order valence-corrected chi connectivity index (χ2v) is 8.43. The summed E-state index contributed by atoms with van der Waals surface area (Å²) < 4.78 is 37.1. The molecule has 7 nitrogen and oxygen atoms in total. The minimum atomic E-state index is -3.52. The number of nitrogens with zero attached hydrogens (tertiary/aromatic N) is 1. The highest BCUT2D eigenvalue weighted by Gasteiger charge is 2.45. The maximum atomic E-state index is 12.6. The number of rotatable bonds is 5. The molecule has 1 aromatic heterocycles. The number of carbonyl (C=O) groups excluding carboxylic acids is 1. The van der Waals surface area contributed by atoms with E-state index in [1.54, 1.807) is 18.4 Å². The molecule has 1 aliphatic carbocycles. The average molecular weight is 376 g/mol. The molecule has 4 rings (SSSR count). The van der Waals surface area contributed by atoms with Crippen molar-refractivity contribution in [3.05, 3.63) is 48.4 Å². The van der Waals surface area contributed by atoms with Gasteiger partial charge in [0.15, 0.2) is 0 Å². The lowest BCUT2D eigenvalue weighted by atomic mass is 10.2. The summed E-state index contributed by atoms with van der Waals surface area (Å²) in [4.78, 5) is 12.5. The molecule has 1 aliphatic heterocycles.